The molecule has 5 nitrogen and oxygen atoms in total. The van der Waals surface area contributed by atoms with Crippen molar-refractivity contribution in [2.24, 2.45) is 0 Å². The average molecular weight is 217 g/mol. The molecule has 1 atom stereocenters. The van der Waals surface area contributed by atoms with Crippen LogP contribution in [0.15, 0.2) is 0 Å². The summed E-state index contributed by atoms with van der Waals surface area (Å²) in [6.45, 7) is 6.16. The summed E-state index contributed by atoms with van der Waals surface area (Å²) in [5, 5.41) is 8.87. The second kappa shape index (κ2) is 6.76. The van der Waals surface area contributed by atoms with E-state index in [2.05, 4.69) is 4.90 Å². The SMILES string of the molecule is C[C@H](O)C(=O)OCCCN1CCOCC1. The summed E-state index contributed by atoms with van der Waals surface area (Å²) in [6.07, 6.45) is -0.216. The number of aliphatic hydroxyl groups excluding tert-OH is 1. The molecule has 0 saturated carbocycles. The Morgan fingerprint density at radius 2 is 2.20 bits per heavy atom. The maximum Gasteiger partial charge on any atom is 0.334 e. The molecule has 1 N–H and O–H groups in total. The van der Waals surface area contributed by atoms with E-state index in [0.717, 1.165) is 39.3 Å². The van der Waals surface area contributed by atoms with Gasteiger partial charge in [-0.1, -0.05) is 0 Å². The third-order valence-electron chi connectivity index (χ3n) is 2.31. The number of nitrogens with zero attached hydrogens (tertiary/aromatic N) is 1. The van der Waals surface area contributed by atoms with Gasteiger partial charge in [0.25, 0.3) is 0 Å². The highest BCUT2D eigenvalue weighted by molar-refractivity contribution is 5.73. The number of hydrogen-bond acceptors (Lipinski definition) is 5. The number of carbonyl (C=O) groups is 1. The molecule has 1 rings (SSSR count). The van der Waals surface area contributed by atoms with Crippen LogP contribution in [0.25, 0.3) is 0 Å². The Bertz CT molecular complexity index is 190. The largest absolute Gasteiger partial charge is 0.464 e. The molecular formula is C10H19NO4. The summed E-state index contributed by atoms with van der Waals surface area (Å²) >= 11 is 0. The lowest BCUT2D eigenvalue weighted by Crippen LogP contribution is -2.37. The molecule has 0 unspecified atom stereocenters. The van der Waals surface area contributed by atoms with Crippen LogP contribution in [-0.2, 0) is 14.3 Å². The van der Waals surface area contributed by atoms with E-state index >= 15 is 0 Å². The van der Waals surface area contributed by atoms with Crippen molar-refractivity contribution in [3.05, 3.63) is 0 Å². The highest BCUT2D eigenvalue weighted by atomic mass is 16.5. The first-order valence-electron chi connectivity index (χ1n) is 5.35. The van der Waals surface area contributed by atoms with E-state index in [1.807, 2.05) is 0 Å². The van der Waals surface area contributed by atoms with Crippen molar-refractivity contribution < 1.29 is 19.4 Å². The molecule has 0 aromatic rings. The van der Waals surface area contributed by atoms with Gasteiger partial charge in [0.1, 0.15) is 6.10 Å². The fourth-order valence-corrected chi connectivity index (χ4v) is 1.41. The van der Waals surface area contributed by atoms with Gasteiger partial charge in [0, 0.05) is 19.6 Å². The summed E-state index contributed by atoms with van der Waals surface area (Å²) in [6, 6.07) is 0. The molecule has 1 fully saturated rings. The first kappa shape index (κ1) is 12.4. The second-order valence-electron chi connectivity index (χ2n) is 3.65. The maximum atomic E-state index is 10.9. The van der Waals surface area contributed by atoms with Crippen molar-refractivity contribution in [3.8, 4) is 0 Å². The van der Waals surface area contributed by atoms with Crippen LogP contribution >= 0.6 is 0 Å². The van der Waals surface area contributed by atoms with Gasteiger partial charge in [-0.25, -0.2) is 4.79 Å². The molecule has 0 aromatic carbocycles. The Labute approximate surface area is 90.0 Å². The second-order valence-corrected chi connectivity index (χ2v) is 3.65. The van der Waals surface area contributed by atoms with Crippen molar-refractivity contribution in [2.45, 2.75) is 19.4 Å². The van der Waals surface area contributed by atoms with Crippen molar-refractivity contribution in [1.29, 1.82) is 0 Å². The van der Waals surface area contributed by atoms with Crippen LogP contribution in [0.3, 0.4) is 0 Å². The fourth-order valence-electron chi connectivity index (χ4n) is 1.41. The summed E-state index contributed by atoms with van der Waals surface area (Å²) in [5.74, 6) is -0.544. The van der Waals surface area contributed by atoms with Crippen LogP contribution in [0.1, 0.15) is 13.3 Å². The molecule has 0 spiro atoms. The molecule has 15 heavy (non-hydrogen) atoms. The van der Waals surface area contributed by atoms with E-state index in [1.165, 1.54) is 6.92 Å². The Hall–Kier alpha value is -0.650. The molecule has 0 radical (unpaired) electrons. The minimum absolute atomic E-state index is 0.376. The summed E-state index contributed by atoms with van der Waals surface area (Å²) in [4.78, 5) is 13.2. The minimum Gasteiger partial charge on any atom is -0.464 e. The number of carbonyl (C=O) groups excluding carboxylic acids is 1. The number of hydrogen-bond donors (Lipinski definition) is 1. The fraction of sp³-hybridized carbons (Fsp3) is 0.900. The first-order valence-corrected chi connectivity index (χ1v) is 5.35. The quantitative estimate of drug-likeness (QED) is 0.503. The number of rotatable bonds is 5. The molecule has 0 amide bonds. The van der Waals surface area contributed by atoms with E-state index in [1.54, 1.807) is 0 Å². The number of ether oxygens (including phenoxy) is 2. The van der Waals surface area contributed by atoms with Crippen molar-refractivity contribution in [2.75, 3.05) is 39.5 Å². The monoisotopic (exact) mass is 217 g/mol. The lowest BCUT2D eigenvalue weighted by Gasteiger charge is -2.26. The normalized spacial score (nSPS) is 19.9. The summed E-state index contributed by atoms with van der Waals surface area (Å²) in [5.41, 5.74) is 0. The van der Waals surface area contributed by atoms with Crippen LogP contribution in [0.4, 0.5) is 0 Å². The average Bonchev–Trinajstić information content (AvgIpc) is 2.25. The highest BCUT2D eigenvalue weighted by Crippen LogP contribution is 1.98. The Morgan fingerprint density at radius 3 is 2.80 bits per heavy atom. The zero-order valence-corrected chi connectivity index (χ0v) is 9.15. The number of aliphatic hydroxyl groups is 1. The van der Waals surface area contributed by atoms with E-state index < -0.39 is 12.1 Å². The molecule has 1 aliphatic heterocycles. The third-order valence-corrected chi connectivity index (χ3v) is 2.31. The zero-order valence-electron chi connectivity index (χ0n) is 9.15. The summed E-state index contributed by atoms with van der Waals surface area (Å²) in [7, 11) is 0. The maximum absolute atomic E-state index is 10.9. The van der Waals surface area contributed by atoms with Crippen LogP contribution < -0.4 is 0 Å². The van der Waals surface area contributed by atoms with Gasteiger partial charge in [-0.15, -0.1) is 0 Å². The Balaban J connectivity index is 1.98. The van der Waals surface area contributed by atoms with Gasteiger partial charge >= 0.3 is 5.97 Å². The smallest absolute Gasteiger partial charge is 0.334 e. The van der Waals surface area contributed by atoms with Gasteiger partial charge < -0.3 is 14.6 Å². The van der Waals surface area contributed by atoms with Crippen molar-refractivity contribution >= 4 is 5.97 Å². The topological polar surface area (TPSA) is 59.0 Å². The lowest BCUT2D eigenvalue weighted by atomic mass is 10.3. The molecule has 88 valence electrons. The van der Waals surface area contributed by atoms with E-state index in [4.69, 9.17) is 14.6 Å². The molecule has 0 aliphatic carbocycles. The molecule has 5 heteroatoms. The van der Waals surface area contributed by atoms with Gasteiger partial charge in [0.05, 0.1) is 19.8 Å². The standard InChI is InChI=1S/C10H19NO4/c1-9(12)10(13)15-6-2-3-11-4-7-14-8-5-11/h9,12H,2-8H2,1H3/t9-/m0/s1. The Morgan fingerprint density at radius 1 is 1.53 bits per heavy atom. The van der Waals surface area contributed by atoms with Gasteiger partial charge in [-0.3, -0.25) is 4.90 Å². The Kier molecular flexibility index (Phi) is 5.60. The van der Waals surface area contributed by atoms with Crippen LogP contribution in [0.5, 0.6) is 0 Å². The predicted molar refractivity (Wildman–Crippen MR) is 54.5 cm³/mol. The molecule has 0 bridgehead atoms. The van der Waals surface area contributed by atoms with Crippen molar-refractivity contribution in [3.63, 3.8) is 0 Å². The lowest BCUT2D eigenvalue weighted by molar-refractivity contribution is -0.152. The highest BCUT2D eigenvalue weighted by Gasteiger charge is 2.11. The van der Waals surface area contributed by atoms with Crippen LogP contribution in [-0.4, -0.2) is 61.5 Å². The first-order chi connectivity index (χ1) is 7.20. The number of morpholine rings is 1. The minimum atomic E-state index is -1.02. The van der Waals surface area contributed by atoms with Gasteiger partial charge in [-0.2, -0.15) is 0 Å². The van der Waals surface area contributed by atoms with E-state index in [9.17, 15) is 4.79 Å². The van der Waals surface area contributed by atoms with E-state index in [-0.39, 0.29) is 0 Å². The van der Waals surface area contributed by atoms with Crippen LogP contribution in [0, 0.1) is 0 Å². The third kappa shape index (κ3) is 5.11. The van der Waals surface area contributed by atoms with Crippen molar-refractivity contribution in [1.82, 2.24) is 4.90 Å². The predicted octanol–water partition coefficient (Wildman–Crippen LogP) is -0.367. The zero-order chi connectivity index (χ0) is 11.1. The van der Waals surface area contributed by atoms with Gasteiger partial charge in [-0.05, 0) is 13.3 Å². The molecular weight excluding hydrogens is 198 g/mol. The van der Waals surface area contributed by atoms with E-state index in [0.29, 0.717) is 6.61 Å². The number of esters is 1. The summed E-state index contributed by atoms with van der Waals surface area (Å²) < 4.78 is 10.1. The van der Waals surface area contributed by atoms with Crippen LogP contribution in [0.2, 0.25) is 0 Å². The molecule has 1 saturated heterocycles. The molecule has 0 aromatic heterocycles. The molecule has 1 aliphatic rings. The molecule has 1 heterocycles. The van der Waals surface area contributed by atoms with Gasteiger partial charge in [0.15, 0.2) is 0 Å². The van der Waals surface area contributed by atoms with Gasteiger partial charge in [0.2, 0.25) is 0 Å².